The number of benzene rings is 1. The Morgan fingerprint density at radius 3 is 2.84 bits per heavy atom. The van der Waals surface area contributed by atoms with Crippen molar-refractivity contribution < 1.29 is 9.13 Å². The van der Waals surface area contributed by atoms with Crippen LogP contribution in [0.1, 0.15) is 38.5 Å². The van der Waals surface area contributed by atoms with Crippen molar-refractivity contribution in [2.75, 3.05) is 11.9 Å². The summed E-state index contributed by atoms with van der Waals surface area (Å²) in [5.41, 5.74) is 1.10. The SMILES string of the molecule is Fc1ccc(NC2CCOC3(CCCC3)C2)cc1Br. The quantitative estimate of drug-likeness (QED) is 0.863. The van der Waals surface area contributed by atoms with E-state index in [9.17, 15) is 4.39 Å². The van der Waals surface area contributed by atoms with Gasteiger partial charge in [0, 0.05) is 18.3 Å². The molecule has 1 saturated heterocycles. The molecule has 0 radical (unpaired) electrons. The van der Waals surface area contributed by atoms with E-state index in [1.807, 2.05) is 6.07 Å². The molecule has 2 aliphatic rings. The lowest BCUT2D eigenvalue weighted by Crippen LogP contribution is -2.42. The topological polar surface area (TPSA) is 21.3 Å². The molecule has 0 bridgehead atoms. The fourth-order valence-corrected chi connectivity index (χ4v) is 3.72. The van der Waals surface area contributed by atoms with Crippen LogP contribution in [0.25, 0.3) is 0 Å². The Bertz CT molecular complexity index is 459. The molecule has 2 fully saturated rings. The second kappa shape index (κ2) is 5.41. The van der Waals surface area contributed by atoms with Crippen molar-refractivity contribution in [2.24, 2.45) is 0 Å². The maximum absolute atomic E-state index is 13.2. The van der Waals surface area contributed by atoms with Crippen molar-refractivity contribution in [3.8, 4) is 0 Å². The van der Waals surface area contributed by atoms with Gasteiger partial charge in [-0.25, -0.2) is 4.39 Å². The monoisotopic (exact) mass is 327 g/mol. The highest BCUT2D eigenvalue weighted by Gasteiger charge is 2.39. The summed E-state index contributed by atoms with van der Waals surface area (Å²) in [7, 11) is 0. The van der Waals surface area contributed by atoms with Crippen molar-refractivity contribution in [2.45, 2.75) is 50.2 Å². The lowest BCUT2D eigenvalue weighted by molar-refractivity contribution is -0.0767. The number of halogens is 2. The van der Waals surface area contributed by atoms with Gasteiger partial charge in [0.1, 0.15) is 5.82 Å². The summed E-state index contributed by atoms with van der Waals surface area (Å²) in [6, 6.07) is 5.55. The minimum atomic E-state index is -0.218. The van der Waals surface area contributed by atoms with Gasteiger partial charge in [-0.15, -0.1) is 0 Å². The molecular formula is C15H19BrFNO. The van der Waals surface area contributed by atoms with E-state index in [1.54, 1.807) is 6.07 Å². The van der Waals surface area contributed by atoms with Crippen LogP contribution in [-0.4, -0.2) is 18.2 Å². The van der Waals surface area contributed by atoms with Gasteiger partial charge in [-0.3, -0.25) is 0 Å². The largest absolute Gasteiger partial charge is 0.382 e. The predicted molar refractivity (Wildman–Crippen MR) is 77.9 cm³/mol. The molecule has 1 aromatic carbocycles. The Morgan fingerprint density at radius 1 is 1.32 bits per heavy atom. The van der Waals surface area contributed by atoms with Gasteiger partial charge in [0.05, 0.1) is 10.1 Å². The lowest BCUT2D eigenvalue weighted by atomic mass is 9.89. The third kappa shape index (κ3) is 2.95. The third-order valence-corrected chi connectivity index (χ3v) is 4.91. The molecule has 1 aliphatic heterocycles. The first-order valence-corrected chi connectivity index (χ1v) is 7.82. The van der Waals surface area contributed by atoms with Gasteiger partial charge in [-0.05, 0) is 59.8 Å². The first-order chi connectivity index (χ1) is 9.17. The van der Waals surface area contributed by atoms with Crippen molar-refractivity contribution in [3.63, 3.8) is 0 Å². The van der Waals surface area contributed by atoms with E-state index in [2.05, 4.69) is 21.2 Å². The van der Waals surface area contributed by atoms with Gasteiger partial charge < -0.3 is 10.1 Å². The zero-order valence-corrected chi connectivity index (χ0v) is 12.5. The van der Waals surface area contributed by atoms with Crippen LogP contribution >= 0.6 is 15.9 Å². The summed E-state index contributed by atoms with van der Waals surface area (Å²) in [4.78, 5) is 0. The highest BCUT2D eigenvalue weighted by atomic mass is 79.9. The molecule has 1 saturated carbocycles. The maximum Gasteiger partial charge on any atom is 0.137 e. The van der Waals surface area contributed by atoms with Gasteiger partial charge in [-0.1, -0.05) is 12.8 Å². The van der Waals surface area contributed by atoms with Crippen LogP contribution in [0.5, 0.6) is 0 Å². The van der Waals surface area contributed by atoms with E-state index in [0.717, 1.165) is 25.1 Å². The van der Waals surface area contributed by atoms with Gasteiger partial charge in [0.25, 0.3) is 0 Å². The average molecular weight is 328 g/mol. The predicted octanol–water partition coefficient (Wildman–Crippen LogP) is 4.49. The van der Waals surface area contributed by atoms with Gasteiger partial charge >= 0.3 is 0 Å². The van der Waals surface area contributed by atoms with Crippen molar-refractivity contribution in [3.05, 3.63) is 28.5 Å². The number of nitrogens with one attached hydrogen (secondary N) is 1. The van der Waals surface area contributed by atoms with Crippen LogP contribution in [-0.2, 0) is 4.74 Å². The van der Waals surface area contributed by atoms with Crippen molar-refractivity contribution >= 4 is 21.6 Å². The minimum absolute atomic E-state index is 0.118. The molecule has 1 heterocycles. The highest BCUT2D eigenvalue weighted by molar-refractivity contribution is 9.10. The molecule has 1 aliphatic carbocycles. The van der Waals surface area contributed by atoms with E-state index in [4.69, 9.17) is 4.74 Å². The van der Waals surface area contributed by atoms with Crippen LogP contribution in [0, 0.1) is 5.82 Å². The smallest absolute Gasteiger partial charge is 0.137 e. The molecule has 3 rings (SSSR count). The Balaban J connectivity index is 1.67. The zero-order valence-electron chi connectivity index (χ0n) is 10.9. The van der Waals surface area contributed by atoms with Crippen molar-refractivity contribution in [1.82, 2.24) is 0 Å². The van der Waals surface area contributed by atoms with Gasteiger partial charge in [-0.2, -0.15) is 0 Å². The molecule has 19 heavy (non-hydrogen) atoms. The molecule has 1 aromatic rings. The lowest BCUT2D eigenvalue weighted by Gasteiger charge is -2.39. The zero-order chi connectivity index (χ0) is 13.3. The summed E-state index contributed by atoms with van der Waals surface area (Å²) in [5.74, 6) is -0.218. The molecule has 1 atom stereocenters. The van der Waals surface area contributed by atoms with E-state index >= 15 is 0 Å². The standard InChI is InChI=1S/C15H19BrFNO/c16-13-9-11(3-4-14(13)17)18-12-5-8-19-15(10-12)6-1-2-7-15/h3-4,9,12,18H,1-2,5-8,10H2. The minimum Gasteiger partial charge on any atom is -0.382 e. The first kappa shape index (κ1) is 13.4. The second-order valence-corrected chi connectivity index (χ2v) is 6.56. The van der Waals surface area contributed by atoms with E-state index in [-0.39, 0.29) is 11.4 Å². The average Bonchev–Trinajstić information content (AvgIpc) is 2.82. The molecule has 1 unspecified atom stereocenters. The number of hydrogen-bond donors (Lipinski definition) is 1. The first-order valence-electron chi connectivity index (χ1n) is 7.02. The van der Waals surface area contributed by atoms with E-state index in [1.165, 1.54) is 31.7 Å². The normalized spacial score (nSPS) is 25.7. The van der Waals surface area contributed by atoms with Crippen LogP contribution in [0.15, 0.2) is 22.7 Å². The third-order valence-electron chi connectivity index (χ3n) is 4.30. The molecular weight excluding hydrogens is 309 g/mol. The Kier molecular flexibility index (Phi) is 3.81. The van der Waals surface area contributed by atoms with Gasteiger partial charge in [0.2, 0.25) is 0 Å². The molecule has 0 aromatic heterocycles. The molecule has 1 spiro atoms. The summed E-state index contributed by atoms with van der Waals surface area (Å²) in [5, 5.41) is 3.52. The molecule has 2 nitrogen and oxygen atoms in total. The van der Waals surface area contributed by atoms with Crippen LogP contribution in [0.3, 0.4) is 0 Å². The van der Waals surface area contributed by atoms with Crippen LogP contribution in [0.4, 0.5) is 10.1 Å². The second-order valence-electron chi connectivity index (χ2n) is 5.70. The highest BCUT2D eigenvalue weighted by Crippen LogP contribution is 2.40. The number of ether oxygens (including phenoxy) is 1. The fourth-order valence-electron chi connectivity index (χ4n) is 3.34. The number of hydrogen-bond acceptors (Lipinski definition) is 2. The number of rotatable bonds is 2. The van der Waals surface area contributed by atoms with Crippen LogP contribution < -0.4 is 5.32 Å². The summed E-state index contributed by atoms with van der Waals surface area (Å²) < 4.78 is 19.8. The Labute approximate surface area is 121 Å². The van der Waals surface area contributed by atoms with E-state index < -0.39 is 0 Å². The van der Waals surface area contributed by atoms with Crippen LogP contribution in [0.2, 0.25) is 0 Å². The molecule has 104 valence electrons. The fraction of sp³-hybridized carbons (Fsp3) is 0.600. The maximum atomic E-state index is 13.2. The van der Waals surface area contributed by atoms with E-state index in [0.29, 0.717) is 10.5 Å². The molecule has 0 amide bonds. The summed E-state index contributed by atoms with van der Waals surface area (Å²) in [6.45, 7) is 0.833. The Hall–Kier alpha value is -0.610. The van der Waals surface area contributed by atoms with Gasteiger partial charge in [0.15, 0.2) is 0 Å². The summed E-state index contributed by atoms with van der Waals surface area (Å²) in [6.07, 6.45) is 7.05. The van der Waals surface area contributed by atoms with Crippen molar-refractivity contribution in [1.29, 1.82) is 0 Å². The molecule has 1 N–H and O–H groups in total. The summed E-state index contributed by atoms with van der Waals surface area (Å²) >= 11 is 3.23. The molecule has 4 heteroatoms. The number of anilines is 1. The Morgan fingerprint density at radius 2 is 2.11 bits per heavy atom.